The number of carbonyl (C=O) groups is 1. The number of hydrogen-bond acceptors (Lipinski definition) is 3. The van der Waals surface area contributed by atoms with Crippen molar-refractivity contribution in [2.45, 2.75) is 77.2 Å². The standard InChI is InChI=1S/C23H33NO2/c1-17(18-10-5-3-6-11-18)24-22(19-12-7-4-8-13-19)20-14-9-15-21(16-20)23(25)26-2/h9,14-19H,3-8,10-13H2,1-2H3/t17-/m1/s1. The zero-order valence-electron chi connectivity index (χ0n) is 16.4. The highest BCUT2D eigenvalue weighted by Gasteiger charge is 2.25. The first-order valence-electron chi connectivity index (χ1n) is 10.5. The van der Waals surface area contributed by atoms with Crippen molar-refractivity contribution in [1.29, 1.82) is 0 Å². The third-order valence-corrected chi connectivity index (χ3v) is 6.25. The van der Waals surface area contributed by atoms with Gasteiger partial charge in [-0.05, 0) is 56.2 Å². The van der Waals surface area contributed by atoms with Gasteiger partial charge >= 0.3 is 5.97 Å². The van der Waals surface area contributed by atoms with Crippen LogP contribution in [0.5, 0.6) is 0 Å². The Bertz CT molecular complexity index is 625. The Labute approximate surface area is 158 Å². The van der Waals surface area contributed by atoms with E-state index in [9.17, 15) is 4.79 Å². The van der Waals surface area contributed by atoms with Crippen molar-refractivity contribution in [3.05, 3.63) is 35.4 Å². The predicted molar refractivity (Wildman–Crippen MR) is 107 cm³/mol. The average Bonchev–Trinajstić information content (AvgIpc) is 2.72. The summed E-state index contributed by atoms with van der Waals surface area (Å²) in [7, 11) is 1.44. The van der Waals surface area contributed by atoms with Crippen LogP contribution in [0.3, 0.4) is 0 Å². The van der Waals surface area contributed by atoms with E-state index in [1.54, 1.807) is 0 Å². The van der Waals surface area contributed by atoms with Crippen molar-refractivity contribution >= 4 is 11.7 Å². The molecule has 0 amide bonds. The van der Waals surface area contributed by atoms with Crippen LogP contribution < -0.4 is 0 Å². The second-order valence-electron chi connectivity index (χ2n) is 8.06. The van der Waals surface area contributed by atoms with Gasteiger partial charge in [-0.25, -0.2) is 4.79 Å². The Hall–Kier alpha value is -1.64. The Morgan fingerprint density at radius 3 is 2.27 bits per heavy atom. The van der Waals surface area contributed by atoms with Crippen LogP contribution in [0, 0.1) is 11.8 Å². The van der Waals surface area contributed by atoms with Gasteiger partial charge in [-0.1, -0.05) is 50.7 Å². The lowest BCUT2D eigenvalue weighted by molar-refractivity contribution is 0.0600. The summed E-state index contributed by atoms with van der Waals surface area (Å²) in [5, 5.41) is 0. The van der Waals surface area contributed by atoms with Crippen molar-refractivity contribution in [2.24, 2.45) is 16.8 Å². The first-order chi connectivity index (χ1) is 12.7. The third kappa shape index (κ3) is 4.75. The summed E-state index contributed by atoms with van der Waals surface area (Å²) in [4.78, 5) is 17.3. The van der Waals surface area contributed by atoms with E-state index in [2.05, 4.69) is 13.0 Å². The molecule has 0 bridgehead atoms. The van der Waals surface area contributed by atoms with Crippen LogP contribution in [0.1, 0.15) is 87.1 Å². The summed E-state index contributed by atoms with van der Waals surface area (Å²) < 4.78 is 4.91. The van der Waals surface area contributed by atoms with Crippen LogP contribution in [0.4, 0.5) is 0 Å². The Morgan fingerprint density at radius 1 is 1.00 bits per heavy atom. The van der Waals surface area contributed by atoms with Gasteiger partial charge in [0.2, 0.25) is 0 Å². The molecule has 2 fully saturated rings. The number of rotatable bonds is 5. The highest BCUT2D eigenvalue weighted by Crippen LogP contribution is 2.32. The van der Waals surface area contributed by atoms with E-state index in [0.29, 0.717) is 23.4 Å². The summed E-state index contributed by atoms with van der Waals surface area (Å²) in [6.45, 7) is 2.29. The van der Waals surface area contributed by atoms with Gasteiger partial charge in [-0.3, -0.25) is 4.99 Å². The van der Waals surface area contributed by atoms with E-state index >= 15 is 0 Å². The fourth-order valence-corrected chi connectivity index (χ4v) is 4.66. The summed E-state index contributed by atoms with van der Waals surface area (Å²) in [6, 6.07) is 8.26. The fraction of sp³-hybridized carbons (Fsp3) is 0.652. The number of carbonyl (C=O) groups excluding carboxylic acids is 1. The van der Waals surface area contributed by atoms with Crippen molar-refractivity contribution in [3.8, 4) is 0 Å². The number of aliphatic imine (C=N–C) groups is 1. The van der Waals surface area contributed by atoms with Crippen LogP contribution in [-0.4, -0.2) is 24.8 Å². The largest absolute Gasteiger partial charge is 0.465 e. The Morgan fingerprint density at radius 2 is 1.62 bits per heavy atom. The minimum absolute atomic E-state index is 0.268. The van der Waals surface area contributed by atoms with Crippen LogP contribution in [0.15, 0.2) is 29.3 Å². The molecule has 0 radical (unpaired) electrons. The van der Waals surface area contributed by atoms with Gasteiger partial charge in [-0.2, -0.15) is 0 Å². The topological polar surface area (TPSA) is 38.7 Å². The molecule has 2 aliphatic carbocycles. The van der Waals surface area contributed by atoms with E-state index in [1.807, 2.05) is 18.2 Å². The van der Waals surface area contributed by atoms with E-state index in [-0.39, 0.29) is 5.97 Å². The molecule has 142 valence electrons. The second-order valence-corrected chi connectivity index (χ2v) is 8.06. The zero-order chi connectivity index (χ0) is 18.4. The number of hydrogen-bond donors (Lipinski definition) is 0. The summed E-state index contributed by atoms with van der Waals surface area (Å²) in [5.74, 6) is 0.976. The zero-order valence-corrected chi connectivity index (χ0v) is 16.4. The van der Waals surface area contributed by atoms with Gasteiger partial charge in [-0.15, -0.1) is 0 Å². The highest BCUT2D eigenvalue weighted by molar-refractivity contribution is 6.04. The number of methoxy groups -OCH3 is 1. The maximum Gasteiger partial charge on any atom is 0.337 e. The van der Waals surface area contributed by atoms with Crippen molar-refractivity contribution in [1.82, 2.24) is 0 Å². The lowest BCUT2D eigenvalue weighted by Gasteiger charge is -2.29. The van der Waals surface area contributed by atoms with Gasteiger partial charge in [0.15, 0.2) is 0 Å². The molecule has 2 saturated carbocycles. The second kappa shape index (κ2) is 9.34. The molecule has 0 aromatic heterocycles. The maximum atomic E-state index is 12.0. The number of nitrogens with zero attached hydrogens (tertiary/aromatic N) is 1. The number of benzene rings is 1. The molecule has 0 heterocycles. The minimum atomic E-state index is -0.268. The van der Waals surface area contributed by atoms with Gasteiger partial charge in [0, 0.05) is 11.6 Å². The SMILES string of the molecule is COC(=O)c1cccc(C(=N[C@H](C)C2CCCCC2)C2CCCCC2)c1. The summed E-state index contributed by atoms with van der Waals surface area (Å²) in [5.41, 5.74) is 2.97. The molecule has 2 aliphatic rings. The van der Waals surface area contributed by atoms with Crippen molar-refractivity contribution in [2.75, 3.05) is 7.11 Å². The van der Waals surface area contributed by atoms with Crippen LogP contribution in [0.2, 0.25) is 0 Å². The molecule has 1 aromatic rings. The molecule has 0 aliphatic heterocycles. The molecular formula is C23H33NO2. The quantitative estimate of drug-likeness (QED) is 0.494. The molecular weight excluding hydrogens is 322 g/mol. The monoisotopic (exact) mass is 355 g/mol. The normalized spacial score (nSPS) is 21.4. The molecule has 3 heteroatoms. The first kappa shape index (κ1) is 19.1. The smallest absolute Gasteiger partial charge is 0.337 e. The van der Waals surface area contributed by atoms with Crippen molar-refractivity contribution < 1.29 is 9.53 Å². The molecule has 1 aromatic carbocycles. The summed E-state index contributed by atoms with van der Waals surface area (Å²) in [6.07, 6.45) is 13.1. The molecule has 0 spiro atoms. The number of ether oxygens (including phenoxy) is 1. The van der Waals surface area contributed by atoms with Gasteiger partial charge in [0.1, 0.15) is 0 Å². The van der Waals surface area contributed by atoms with E-state index < -0.39 is 0 Å². The lowest BCUT2D eigenvalue weighted by Crippen LogP contribution is -2.25. The maximum absolute atomic E-state index is 12.0. The van der Waals surface area contributed by atoms with Gasteiger partial charge < -0.3 is 4.74 Å². The molecule has 26 heavy (non-hydrogen) atoms. The third-order valence-electron chi connectivity index (χ3n) is 6.25. The van der Waals surface area contributed by atoms with Gasteiger partial charge in [0.25, 0.3) is 0 Å². The summed E-state index contributed by atoms with van der Waals surface area (Å²) >= 11 is 0. The molecule has 0 saturated heterocycles. The first-order valence-corrected chi connectivity index (χ1v) is 10.5. The molecule has 0 unspecified atom stereocenters. The van der Waals surface area contributed by atoms with Crippen molar-refractivity contribution in [3.63, 3.8) is 0 Å². The van der Waals surface area contributed by atoms with Gasteiger partial charge in [0.05, 0.1) is 18.7 Å². The molecule has 3 nitrogen and oxygen atoms in total. The average molecular weight is 356 g/mol. The Balaban J connectivity index is 1.90. The Kier molecular flexibility index (Phi) is 6.87. The minimum Gasteiger partial charge on any atom is -0.465 e. The molecule has 3 rings (SSSR count). The van der Waals surface area contributed by atoms with Crippen LogP contribution in [0.25, 0.3) is 0 Å². The van der Waals surface area contributed by atoms with E-state index in [4.69, 9.17) is 9.73 Å². The molecule has 1 atom stereocenters. The highest BCUT2D eigenvalue weighted by atomic mass is 16.5. The number of esters is 1. The van der Waals surface area contributed by atoms with E-state index in [0.717, 1.165) is 5.56 Å². The lowest BCUT2D eigenvalue weighted by atomic mass is 9.81. The van der Waals surface area contributed by atoms with E-state index in [1.165, 1.54) is 77.0 Å². The van der Waals surface area contributed by atoms with Crippen LogP contribution in [-0.2, 0) is 4.74 Å². The van der Waals surface area contributed by atoms with Crippen LogP contribution >= 0.6 is 0 Å². The molecule has 0 N–H and O–H groups in total. The predicted octanol–water partition coefficient (Wildman–Crippen LogP) is 5.81. The fourth-order valence-electron chi connectivity index (χ4n) is 4.66.